The lowest BCUT2D eigenvalue weighted by Crippen LogP contribution is -2.10. The molecule has 122 valence electrons. The first-order valence-corrected chi connectivity index (χ1v) is 8.50. The fourth-order valence-corrected chi connectivity index (χ4v) is 3.28. The van der Waals surface area contributed by atoms with Gasteiger partial charge < -0.3 is 4.52 Å². The number of aryl methyl sites for hydroxylation is 1. The van der Waals surface area contributed by atoms with Gasteiger partial charge in [-0.15, -0.1) is 10.2 Å². The summed E-state index contributed by atoms with van der Waals surface area (Å²) >= 11 is 1.44. The molecule has 0 saturated carbocycles. The number of nitrogens with zero attached hydrogens (tertiary/aromatic N) is 5. The third kappa shape index (κ3) is 2.50. The summed E-state index contributed by atoms with van der Waals surface area (Å²) in [6, 6.07) is 10.3. The fraction of sp³-hybridized carbons (Fsp3) is 0.294. The van der Waals surface area contributed by atoms with E-state index in [0.29, 0.717) is 0 Å². The number of aromatic nitrogens is 5. The molecule has 0 aliphatic carbocycles. The van der Waals surface area contributed by atoms with Crippen LogP contribution < -0.4 is 0 Å². The molecular formula is C17H17N5OS. The number of benzene rings is 1. The van der Waals surface area contributed by atoms with Gasteiger partial charge in [0.25, 0.3) is 0 Å². The summed E-state index contributed by atoms with van der Waals surface area (Å²) in [5, 5.41) is 17.9. The van der Waals surface area contributed by atoms with Crippen LogP contribution in [-0.4, -0.2) is 25.0 Å². The smallest absolute Gasteiger partial charge is 0.235 e. The van der Waals surface area contributed by atoms with E-state index in [-0.39, 0.29) is 5.41 Å². The van der Waals surface area contributed by atoms with E-state index >= 15 is 0 Å². The highest BCUT2D eigenvalue weighted by Gasteiger charge is 2.18. The molecule has 0 unspecified atom stereocenters. The topological polar surface area (TPSA) is 69.1 Å². The molecular weight excluding hydrogens is 322 g/mol. The maximum atomic E-state index is 5.12. The monoisotopic (exact) mass is 339 g/mol. The Labute approximate surface area is 143 Å². The van der Waals surface area contributed by atoms with Gasteiger partial charge in [0.2, 0.25) is 4.96 Å². The zero-order valence-corrected chi connectivity index (χ0v) is 14.8. The van der Waals surface area contributed by atoms with Crippen molar-refractivity contribution in [3.63, 3.8) is 0 Å². The average molecular weight is 339 g/mol. The van der Waals surface area contributed by atoms with Crippen LogP contribution in [0.2, 0.25) is 0 Å². The lowest BCUT2D eigenvalue weighted by molar-refractivity contribution is 0.399. The Morgan fingerprint density at radius 3 is 2.46 bits per heavy atom. The minimum absolute atomic E-state index is 0.122. The van der Waals surface area contributed by atoms with Gasteiger partial charge in [0.15, 0.2) is 10.8 Å². The Balaban J connectivity index is 1.76. The molecule has 4 aromatic rings. The highest BCUT2D eigenvalue weighted by Crippen LogP contribution is 2.29. The molecule has 24 heavy (non-hydrogen) atoms. The third-order valence-corrected chi connectivity index (χ3v) is 4.77. The van der Waals surface area contributed by atoms with Crippen LogP contribution in [0.4, 0.5) is 0 Å². The van der Waals surface area contributed by atoms with Gasteiger partial charge in [0, 0.05) is 11.6 Å². The number of rotatable bonds is 2. The van der Waals surface area contributed by atoms with Crippen molar-refractivity contribution in [1.29, 1.82) is 0 Å². The van der Waals surface area contributed by atoms with Crippen LogP contribution in [-0.2, 0) is 5.41 Å². The predicted octanol–water partition coefficient (Wildman–Crippen LogP) is 4.11. The fourth-order valence-electron chi connectivity index (χ4n) is 2.49. The zero-order chi connectivity index (χ0) is 16.9. The molecule has 6 nitrogen and oxygen atoms in total. The zero-order valence-electron chi connectivity index (χ0n) is 13.9. The maximum Gasteiger partial charge on any atom is 0.235 e. The van der Waals surface area contributed by atoms with E-state index in [4.69, 9.17) is 4.52 Å². The third-order valence-electron chi connectivity index (χ3n) is 3.85. The predicted molar refractivity (Wildman–Crippen MR) is 93.0 cm³/mol. The van der Waals surface area contributed by atoms with Crippen molar-refractivity contribution in [2.75, 3.05) is 0 Å². The van der Waals surface area contributed by atoms with Crippen LogP contribution >= 0.6 is 11.3 Å². The van der Waals surface area contributed by atoms with Gasteiger partial charge >= 0.3 is 0 Å². The molecule has 4 rings (SSSR count). The molecule has 0 N–H and O–H groups in total. The number of fused-ring (bicyclic) bond motifs is 1. The largest absolute Gasteiger partial charge is 0.361 e. The van der Waals surface area contributed by atoms with Gasteiger partial charge in [-0.25, -0.2) is 0 Å². The molecule has 0 aliphatic heterocycles. The Kier molecular flexibility index (Phi) is 3.28. The van der Waals surface area contributed by atoms with E-state index < -0.39 is 0 Å². The summed E-state index contributed by atoms with van der Waals surface area (Å²) in [5.74, 6) is 1.49. The summed E-state index contributed by atoms with van der Waals surface area (Å²) in [6.45, 7) is 8.46. The molecule has 0 aliphatic rings. The summed E-state index contributed by atoms with van der Waals surface area (Å²) < 4.78 is 6.88. The first-order chi connectivity index (χ1) is 11.4. The van der Waals surface area contributed by atoms with Crippen molar-refractivity contribution in [2.24, 2.45) is 0 Å². The van der Waals surface area contributed by atoms with Crippen molar-refractivity contribution in [1.82, 2.24) is 25.0 Å². The summed E-state index contributed by atoms with van der Waals surface area (Å²) in [4.78, 5) is 0.737. The molecule has 7 heteroatoms. The van der Waals surface area contributed by atoms with Gasteiger partial charge in [0.1, 0.15) is 11.5 Å². The van der Waals surface area contributed by atoms with E-state index in [1.807, 2.05) is 13.0 Å². The minimum atomic E-state index is 0.122. The lowest BCUT2D eigenvalue weighted by Gasteiger charge is -2.18. The molecule has 0 atom stereocenters. The van der Waals surface area contributed by atoms with Gasteiger partial charge in [-0.1, -0.05) is 61.5 Å². The standard InChI is InChI=1S/C17H17N5OS/c1-10-9-13(21-23-10)15-20-22-14(18-19-16(22)24-15)11-5-7-12(8-6-11)17(2,3)4/h5-9H,1-4H3. The van der Waals surface area contributed by atoms with Crippen molar-refractivity contribution in [2.45, 2.75) is 33.1 Å². The Morgan fingerprint density at radius 2 is 1.83 bits per heavy atom. The van der Waals surface area contributed by atoms with E-state index in [1.54, 1.807) is 4.52 Å². The normalized spacial score (nSPS) is 12.2. The van der Waals surface area contributed by atoms with Crippen molar-refractivity contribution < 1.29 is 4.52 Å². The van der Waals surface area contributed by atoms with Crippen LogP contribution in [0.1, 0.15) is 32.1 Å². The molecule has 0 radical (unpaired) electrons. The quantitative estimate of drug-likeness (QED) is 0.549. The van der Waals surface area contributed by atoms with Gasteiger partial charge in [-0.2, -0.15) is 9.61 Å². The van der Waals surface area contributed by atoms with Gasteiger partial charge in [-0.3, -0.25) is 0 Å². The van der Waals surface area contributed by atoms with Crippen LogP contribution in [0.5, 0.6) is 0 Å². The SMILES string of the molecule is Cc1cc(-c2nn3c(-c4ccc(C(C)(C)C)cc4)nnc3s2)no1. The minimum Gasteiger partial charge on any atom is -0.361 e. The van der Waals surface area contributed by atoms with Crippen molar-refractivity contribution >= 4 is 16.3 Å². The highest BCUT2D eigenvalue weighted by molar-refractivity contribution is 7.19. The number of hydrogen-bond donors (Lipinski definition) is 0. The highest BCUT2D eigenvalue weighted by atomic mass is 32.1. The lowest BCUT2D eigenvalue weighted by atomic mass is 9.87. The second-order valence-electron chi connectivity index (χ2n) is 6.78. The summed E-state index contributed by atoms with van der Waals surface area (Å²) in [5.41, 5.74) is 3.11. The molecule has 0 fully saturated rings. The van der Waals surface area contributed by atoms with Crippen molar-refractivity contribution in [3.05, 3.63) is 41.7 Å². The average Bonchev–Trinajstić information content (AvgIpc) is 3.21. The van der Waals surface area contributed by atoms with Crippen LogP contribution in [0, 0.1) is 6.92 Å². The molecule has 0 bridgehead atoms. The summed E-state index contributed by atoms with van der Waals surface area (Å²) in [7, 11) is 0. The first-order valence-electron chi connectivity index (χ1n) is 7.69. The van der Waals surface area contributed by atoms with Crippen molar-refractivity contribution in [3.8, 4) is 22.1 Å². The van der Waals surface area contributed by atoms with E-state index in [9.17, 15) is 0 Å². The van der Waals surface area contributed by atoms with Crippen LogP contribution in [0.3, 0.4) is 0 Å². The molecule has 0 spiro atoms. The Bertz CT molecular complexity index is 1000. The Hall–Kier alpha value is -2.54. The molecule has 0 amide bonds. The molecule has 0 saturated heterocycles. The Morgan fingerprint density at radius 1 is 1.08 bits per heavy atom. The van der Waals surface area contributed by atoms with E-state index in [2.05, 4.69) is 65.5 Å². The maximum absolute atomic E-state index is 5.12. The van der Waals surface area contributed by atoms with E-state index in [0.717, 1.165) is 32.8 Å². The molecule has 3 heterocycles. The molecule has 3 aromatic heterocycles. The van der Waals surface area contributed by atoms with Crippen LogP contribution in [0.15, 0.2) is 34.9 Å². The first kappa shape index (κ1) is 15.0. The van der Waals surface area contributed by atoms with Gasteiger partial charge in [0.05, 0.1) is 0 Å². The molecule has 1 aromatic carbocycles. The van der Waals surface area contributed by atoms with E-state index in [1.165, 1.54) is 16.9 Å². The second-order valence-corrected chi connectivity index (χ2v) is 7.73. The summed E-state index contributed by atoms with van der Waals surface area (Å²) in [6.07, 6.45) is 0. The van der Waals surface area contributed by atoms with Crippen LogP contribution in [0.25, 0.3) is 27.1 Å². The second kappa shape index (κ2) is 5.24. The van der Waals surface area contributed by atoms with Gasteiger partial charge in [-0.05, 0) is 17.9 Å². The number of hydrogen-bond acceptors (Lipinski definition) is 6.